The van der Waals surface area contributed by atoms with Gasteiger partial charge >= 0.3 is 0 Å². The lowest BCUT2D eigenvalue weighted by molar-refractivity contribution is -0.124. The molecule has 4 heteroatoms. The molecule has 2 fully saturated rings. The van der Waals surface area contributed by atoms with Crippen molar-refractivity contribution in [2.24, 2.45) is 30.5 Å². The Morgan fingerprint density at radius 3 is 2.88 bits per heavy atom. The Bertz CT molecular complexity index is 438. The zero-order valence-corrected chi connectivity index (χ0v) is 10.2. The molecule has 4 atom stereocenters. The molecule has 2 bridgehead atoms. The molecule has 0 radical (unpaired) electrons. The first-order chi connectivity index (χ1) is 8.16. The van der Waals surface area contributed by atoms with Crippen LogP contribution >= 0.6 is 0 Å². The van der Waals surface area contributed by atoms with Gasteiger partial charge in [0.25, 0.3) is 0 Å². The molecule has 2 N–H and O–H groups in total. The van der Waals surface area contributed by atoms with Crippen molar-refractivity contribution in [2.75, 3.05) is 0 Å². The van der Waals surface area contributed by atoms with Gasteiger partial charge in [-0.1, -0.05) is 0 Å². The third kappa shape index (κ3) is 1.71. The maximum atomic E-state index is 12.3. The van der Waals surface area contributed by atoms with Crippen LogP contribution in [0.15, 0.2) is 12.4 Å². The van der Waals surface area contributed by atoms with E-state index in [2.05, 4.69) is 4.98 Å². The number of rotatable bonds is 3. The van der Waals surface area contributed by atoms with Gasteiger partial charge < -0.3 is 10.3 Å². The second-order valence-electron chi connectivity index (χ2n) is 5.53. The Labute approximate surface area is 101 Å². The molecule has 0 amide bonds. The van der Waals surface area contributed by atoms with E-state index in [1.54, 1.807) is 6.20 Å². The second-order valence-corrected chi connectivity index (χ2v) is 5.53. The Kier molecular flexibility index (Phi) is 2.54. The number of Topliss-reactive ketones (excluding diaryl/α,β-unsaturated/α-hetero) is 1. The maximum absolute atomic E-state index is 12.3. The lowest BCUT2D eigenvalue weighted by Gasteiger charge is -2.26. The van der Waals surface area contributed by atoms with E-state index in [-0.39, 0.29) is 12.0 Å². The summed E-state index contributed by atoms with van der Waals surface area (Å²) >= 11 is 0. The molecule has 2 aliphatic carbocycles. The van der Waals surface area contributed by atoms with Crippen molar-refractivity contribution >= 4 is 5.78 Å². The van der Waals surface area contributed by atoms with Crippen LogP contribution in [0.4, 0.5) is 0 Å². The normalized spacial score (nSPS) is 35.4. The molecule has 0 aromatic carbocycles. The largest absolute Gasteiger partial charge is 0.338 e. The fourth-order valence-electron chi connectivity index (χ4n) is 3.65. The van der Waals surface area contributed by atoms with Gasteiger partial charge in [-0.05, 0) is 31.1 Å². The van der Waals surface area contributed by atoms with Crippen molar-refractivity contribution in [3.63, 3.8) is 0 Å². The highest BCUT2D eigenvalue weighted by Crippen LogP contribution is 2.48. The van der Waals surface area contributed by atoms with Gasteiger partial charge in [-0.2, -0.15) is 0 Å². The lowest BCUT2D eigenvalue weighted by Crippen LogP contribution is -2.41. The van der Waals surface area contributed by atoms with Crippen molar-refractivity contribution in [1.29, 1.82) is 0 Å². The van der Waals surface area contributed by atoms with Crippen LogP contribution in [0.2, 0.25) is 0 Å². The van der Waals surface area contributed by atoms with Crippen LogP contribution in [0.1, 0.15) is 25.1 Å². The zero-order chi connectivity index (χ0) is 12.0. The SMILES string of the molecule is Cn1ccnc1CC(=O)C1C2CCC(C2)C1N. The maximum Gasteiger partial charge on any atom is 0.145 e. The number of carbonyl (C=O) groups is 1. The predicted octanol–water partition coefficient (Wildman–Crippen LogP) is 0.905. The Morgan fingerprint density at radius 1 is 1.53 bits per heavy atom. The van der Waals surface area contributed by atoms with E-state index >= 15 is 0 Å². The average molecular weight is 233 g/mol. The van der Waals surface area contributed by atoms with E-state index in [9.17, 15) is 4.79 Å². The summed E-state index contributed by atoms with van der Waals surface area (Å²) in [7, 11) is 1.93. The third-order valence-corrected chi connectivity index (χ3v) is 4.61. The van der Waals surface area contributed by atoms with Gasteiger partial charge in [0, 0.05) is 31.4 Å². The number of carbonyl (C=O) groups excluding carboxylic acids is 1. The minimum absolute atomic E-state index is 0.0884. The monoisotopic (exact) mass is 233 g/mol. The summed E-state index contributed by atoms with van der Waals surface area (Å²) in [5, 5.41) is 0. The molecular weight excluding hydrogens is 214 g/mol. The minimum Gasteiger partial charge on any atom is -0.338 e. The summed E-state index contributed by atoms with van der Waals surface area (Å²) in [5.74, 6) is 2.37. The Balaban J connectivity index is 1.73. The van der Waals surface area contributed by atoms with Crippen molar-refractivity contribution in [1.82, 2.24) is 9.55 Å². The van der Waals surface area contributed by atoms with Crippen LogP contribution in [-0.4, -0.2) is 21.4 Å². The molecule has 4 unspecified atom stereocenters. The van der Waals surface area contributed by atoms with Crippen molar-refractivity contribution in [2.45, 2.75) is 31.7 Å². The van der Waals surface area contributed by atoms with E-state index in [1.807, 2.05) is 17.8 Å². The number of hydrogen-bond donors (Lipinski definition) is 1. The number of fused-ring (bicyclic) bond motifs is 2. The average Bonchev–Trinajstić information content (AvgIpc) is 2.95. The summed E-state index contributed by atoms with van der Waals surface area (Å²) < 4.78 is 1.91. The minimum atomic E-state index is 0.0884. The molecule has 2 aliphatic rings. The first-order valence-electron chi connectivity index (χ1n) is 6.41. The summed E-state index contributed by atoms with van der Waals surface area (Å²) in [6.07, 6.45) is 7.63. The highest BCUT2D eigenvalue weighted by Gasteiger charge is 2.48. The molecule has 17 heavy (non-hydrogen) atoms. The summed E-state index contributed by atoms with van der Waals surface area (Å²) in [4.78, 5) is 16.5. The summed E-state index contributed by atoms with van der Waals surface area (Å²) in [6.45, 7) is 0. The molecule has 0 spiro atoms. The van der Waals surface area contributed by atoms with Gasteiger partial charge in [0.15, 0.2) is 0 Å². The fraction of sp³-hybridized carbons (Fsp3) is 0.692. The smallest absolute Gasteiger partial charge is 0.145 e. The molecule has 2 saturated carbocycles. The van der Waals surface area contributed by atoms with Crippen LogP contribution in [0.5, 0.6) is 0 Å². The second kappa shape index (κ2) is 3.95. The fourth-order valence-corrected chi connectivity index (χ4v) is 3.65. The standard InChI is InChI=1S/C13H19N3O/c1-16-5-4-15-11(16)7-10(17)12-8-2-3-9(6-8)13(12)14/h4-5,8-9,12-13H,2-3,6-7,14H2,1H3. The number of nitrogens with zero attached hydrogens (tertiary/aromatic N) is 2. The van der Waals surface area contributed by atoms with Gasteiger partial charge in [0.2, 0.25) is 0 Å². The molecule has 92 valence electrons. The van der Waals surface area contributed by atoms with Crippen molar-refractivity contribution in [3.05, 3.63) is 18.2 Å². The summed E-state index contributed by atoms with van der Waals surface area (Å²) in [5.41, 5.74) is 6.18. The molecule has 0 saturated heterocycles. The first kappa shape index (κ1) is 11.0. The molecule has 1 aromatic rings. The third-order valence-electron chi connectivity index (χ3n) is 4.61. The molecule has 0 aliphatic heterocycles. The summed E-state index contributed by atoms with van der Waals surface area (Å²) in [6, 6.07) is 0.0986. The Morgan fingerprint density at radius 2 is 2.29 bits per heavy atom. The first-order valence-corrected chi connectivity index (χ1v) is 6.41. The van der Waals surface area contributed by atoms with Gasteiger partial charge in [-0.15, -0.1) is 0 Å². The zero-order valence-electron chi connectivity index (χ0n) is 10.2. The van der Waals surface area contributed by atoms with Crippen molar-refractivity contribution in [3.8, 4) is 0 Å². The van der Waals surface area contributed by atoms with E-state index in [0.717, 1.165) is 12.2 Å². The molecule has 4 nitrogen and oxygen atoms in total. The van der Waals surface area contributed by atoms with Crippen LogP contribution < -0.4 is 5.73 Å². The van der Waals surface area contributed by atoms with E-state index in [4.69, 9.17) is 5.73 Å². The quantitative estimate of drug-likeness (QED) is 0.844. The van der Waals surface area contributed by atoms with Crippen LogP contribution in [-0.2, 0) is 18.3 Å². The Hall–Kier alpha value is -1.16. The van der Waals surface area contributed by atoms with Gasteiger partial charge in [-0.3, -0.25) is 4.79 Å². The van der Waals surface area contributed by atoms with Crippen LogP contribution in [0, 0.1) is 17.8 Å². The van der Waals surface area contributed by atoms with Crippen LogP contribution in [0.25, 0.3) is 0 Å². The molecular formula is C13H19N3O. The highest BCUT2D eigenvalue weighted by molar-refractivity contribution is 5.84. The number of aromatic nitrogens is 2. The van der Waals surface area contributed by atoms with E-state index in [1.165, 1.54) is 12.8 Å². The van der Waals surface area contributed by atoms with Gasteiger partial charge in [0.05, 0.1) is 6.42 Å². The molecule has 1 aromatic heterocycles. The van der Waals surface area contributed by atoms with E-state index in [0.29, 0.717) is 24.0 Å². The van der Waals surface area contributed by atoms with E-state index < -0.39 is 0 Å². The number of ketones is 1. The lowest BCUT2D eigenvalue weighted by atomic mass is 9.81. The molecule has 1 heterocycles. The highest BCUT2D eigenvalue weighted by atomic mass is 16.1. The number of nitrogens with two attached hydrogens (primary N) is 1. The predicted molar refractivity (Wildman–Crippen MR) is 64.2 cm³/mol. The number of aryl methyl sites for hydroxylation is 1. The number of imidazole rings is 1. The topological polar surface area (TPSA) is 60.9 Å². The van der Waals surface area contributed by atoms with Crippen LogP contribution in [0.3, 0.4) is 0 Å². The number of hydrogen-bond acceptors (Lipinski definition) is 3. The van der Waals surface area contributed by atoms with Gasteiger partial charge in [0.1, 0.15) is 11.6 Å². The molecule has 3 rings (SSSR count). The van der Waals surface area contributed by atoms with Crippen molar-refractivity contribution < 1.29 is 4.79 Å². The van der Waals surface area contributed by atoms with Gasteiger partial charge in [-0.25, -0.2) is 4.98 Å².